The Labute approximate surface area is 191 Å². The molecule has 0 aliphatic carbocycles. The minimum absolute atomic E-state index is 0.0845. The number of nitrogens with zero attached hydrogens (tertiary/aromatic N) is 4. The Hall–Kier alpha value is -4.18. The van der Waals surface area contributed by atoms with Gasteiger partial charge in [0.15, 0.2) is 0 Å². The number of aliphatic hydroxyl groups excluding tert-OH is 1. The van der Waals surface area contributed by atoms with Crippen molar-refractivity contribution in [3.63, 3.8) is 0 Å². The van der Waals surface area contributed by atoms with Gasteiger partial charge in [-0.1, -0.05) is 0 Å². The van der Waals surface area contributed by atoms with E-state index in [1.807, 2.05) is 23.1 Å². The van der Waals surface area contributed by atoms with Crippen LogP contribution in [0, 0.1) is 0 Å². The number of nitrogens with two attached hydrogens (primary N) is 1. The van der Waals surface area contributed by atoms with E-state index in [1.165, 1.54) is 18.6 Å². The molecule has 10 heteroatoms. The van der Waals surface area contributed by atoms with Crippen LogP contribution >= 0.6 is 0 Å². The van der Waals surface area contributed by atoms with Crippen LogP contribution in [0.3, 0.4) is 0 Å². The molecule has 0 fully saturated rings. The third-order valence-corrected chi connectivity index (χ3v) is 4.75. The van der Waals surface area contributed by atoms with Crippen molar-refractivity contribution in [3.8, 4) is 11.5 Å². The van der Waals surface area contributed by atoms with Crippen LogP contribution in [0.25, 0.3) is 11.0 Å². The Morgan fingerprint density at radius 3 is 2.48 bits per heavy atom. The highest BCUT2D eigenvalue weighted by Gasteiger charge is 2.15. The van der Waals surface area contributed by atoms with E-state index in [4.69, 9.17) is 15.2 Å². The molecule has 33 heavy (non-hydrogen) atoms. The van der Waals surface area contributed by atoms with Gasteiger partial charge in [-0.25, -0.2) is 4.98 Å². The topological polar surface area (TPSA) is 135 Å². The number of amides is 1. The summed E-state index contributed by atoms with van der Waals surface area (Å²) in [4.78, 5) is 27.1. The standard InChI is InChI=1S/C23H26N6O4/c1-25-13-15(12-24)27-23(31)22-14-26-20-5-4-16(10-21(20)28-22)29(6-7-30)17-8-18(32-2)11-19(9-17)33-3/h4-5,8-14,30H,6-7,24H2,1-3H3,(H,27,31)/b15-12+,25-13?. The molecule has 0 unspecified atom stereocenters. The van der Waals surface area contributed by atoms with Crippen LogP contribution in [0.15, 0.2) is 59.5 Å². The number of carbonyl (C=O) groups is 1. The highest BCUT2D eigenvalue weighted by molar-refractivity contribution is 5.98. The molecule has 0 saturated heterocycles. The van der Waals surface area contributed by atoms with E-state index < -0.39 is 5.91 Å². The molecule has 3 rings (SSSR count). The first-order chi connectivity index (χ1) is 16.0. The molecule has 3 aromatic rings. The van der Waals surface area contributed by atoms with Gasteiger partial charge in [-0.15, -0.1) is 0 Å². The number of aliphatic hydroxyl groups is 1. The fourth-order valence-electron chi connectivity index (χ4n) is 3.18. The van der Waals surface area contributed by atoms with Crippen LogP contribution in [-0.4, -0.2) is 61.6 Å². The summed E-state index contributed by atoms with van der Waals surface area (Å²) < 4.78 is 10.7. The SMILES string of the molecule is CN=C/C(=C\N)NC(=O)c1cnc2ccc(N(CCO)c3cc(OC)cc(OC)c3)cc2n1. The van der Waals surface area contributed by atoms with Gasteiger partial charge in [-0.2, -0.15) is 0 Å². The van der Waals surface area contributed by atoms with E-state index in [1.54, 1.807) is 39.5 Å². The third-order valence-electron chi connectivity index (χ3n) is 4.75. The van der Waals surface area contributed by atoms with E-state index in [0.717, 1.165) is 11.4 Å². The highest BCUT2D eigenvalue weighted by atomic mass is 16.5. The van der Waals surface area contributed by atoms with Crippen LogP contribution in [0.1, 0.15) is 10.5 Å². The largest absolute Gasteiger partial charge is 0.497 e. The Kier molecular flexibility index (Phi) is 7.77. The summed E-state index contributed by atoms with van der Waals surface area (Å²) in [5.41, 5.74) is 8.62. The first-order valence-electron chi connectivity index (χ1n) is 10.1. The zero-order valence-electron chi connectivity index (χ0n) is 18.6. The van der Waals surface area contributed by atoms with Crippen molar-refractivity contribution >= 4 is 34.5 Å². The zero-order valence-corrected chi connectivity index (χ0v) is 18.6. The van der Waals surface area contributed by atoms with E-state index in [2.05, 4.69) is 20.3 Å². The molecule has 0 spiro atoms. The van der Waals surface area contributed by atoms with Crippen molar-refractivity contribution in [3.05, 3.63) is 60.2 Å². The molecule has 0 bridgehead atoms. The second-order valence-electron chi connectivity index (χ2n) is 6.84. The Balaban J connectivity index is 2.00. The maximum Gasteiger partial charge on any atom is 0.275 e. The monoisotopic (exact) mass is 450 g/mol. The maximum absolute atomic E-state index is 12.6. The molecule has 172 valence electrons. The molecule has 0 saturated carbocycles. The van der Waals surface area contributed by atoms with Crippen LogP contribution in [-0.2, 0) is 0 Å². The van der Waals surface area contributed by atoms with Crippen molar-refractivity contribution in [1.82, 2.24) is 15.3 Å². The summed E-state index contributed by atoms with van der Waals surface area (Å²) in [6.45, 7) is 0.231. The molecule has 0 aliphatic heterocycles. The number of benzene rings is 2. The minimum Gasteiger partial charge on any atom is -0.497 e. The number of nitrogens with one attached hydrogen (secondary N) is 1. The summed E-state index contributed by atoms with van der Waals surface area (Å²) in [5.74, 6) is 0.772. The van der Waals surface area contributed by atoms with Gasteiger partial charge in [-0.05, 0) is 18.2 Å². The van der Waals surface area contributed by atoms with Gasteiger partial charge in [0.05, 0.1) is 43.8 Å². The number of aromatic nitrogens is 2. The van der Waals surface area contributed by atoms with Gasteiger partial charge in [0, 0.05) is 55.6 Å². The predicted octanol–water partition coefficient (Wildman–Crippen LogP) is 2.01. The van der Waals surface area contributed by atoms with Gasteiger partial charge in [0.1, 0.15) is 17.2 Å². The first kappa shape index (κ1) is 23.5. The van der Waals surface area contributed by atoms with Crippen molar-refractivity contribution < 1.29 is 19.4 Å². The second kappa shape index (κ2) is 10.9. The lowest BCUT2D eigenvalue weighted by atomic mass is 10.2. The summed E-state index contributed by atoms with van der Waals surface area (Å²) in [5, 5.41) is 12.3. The van der Waals surface area contributed by atoms with E-state index in [0.29, 0.717) is 34.8 Å². The molecule has 4 N–H and O–H groups in total. The second-order valence-corrected chi connectivity index (χ2v) is 6.84. The number of allylic oxidation sites excluding steroid dienone is 1. The molecule has 0 radical (unpaired) electrons. The number of hydrogen-bond donors (Lipinski definition) is 3. The molecular weight excluding hydrogens is 424 g/mol. The maximum atomic E-state index is 12.6. The van der Waals surface area contributed by atoms with Crippen molar-refractivity contribution in [1.29, 1.82) is 0 Å². The fraction of sp³-hybridized carbons (Fsp3) is 0.217. The number of fused-ring (bicyclic) bond motifs is 1. The average molecular weight is 450 g/mol. The van der Waals surface area contributed by atoms with Crippen molar-refractivity contribution in [2.24, 2.45) is 10.7 Å². The molecule has 2 aromatic carbocycles. The van der Waals surface area contributed by atoms with Gasteiger partial charge in [0.25, 0.3) is 5.91 Å². The minimum atomic E-state index is -0.462. The smallest absolute Gasteiger partial charge is 0.275 e. The molecular formula is C23H26N6O4. The van der Waals surface area contributed by atoms with Gasteiger partial charge in [0.2, 0.25) is 0 Å². The molecule has 10 nitrogen and oxygen atoms in total. The summed E-state index contributed by atoms with van der Waals surface area (Å²) >= 11 is 0. The van der Waals surface area contributed by atoms with Crippen molar-refractivity contribution in [2.75, 3.05) is 39.3 Å². The fourth-order valence-corrected chi connectivity index (χ4v) is 3.18. The van der Waals surface area contributed by atoms with Crippen molar-refractivity contribution in [2.45, 2.75) is 0 Å². The zero-order chi connectivity index (χ0) is 23.8. The van der Waals surface area contributed by atoms with E-state index in [9.17, 15) is 9.90 Å². The summed E-state index contributed by atoms with van der Waals surface area (Å²) in [7, 11) is 4.72. The molecule has 0 atom stereocenters. The van der Waals surface area contributed by atoms with Crippen LogP contribution in [0.5, 0.6) is 11.5 Å². The summed E-state index contributed by atoms with van der Waals surface area (Å²) in [6.07, 6.45) is 4.07. The number of rotatable bonds is 9. The van der Waals surface area contributed by atoms with E-state index in [-0.39, 0.29) is 12.3 Å². The average Bonchev–Trinajstić information content (AvgIpc) is 2.85. The lowest BCUT2D eigenvalue weighted by molar-refractivity contribution is 0.0963. The summed E-state index contributed by atoms with van der Waals surface area (Å²) in [6, 6.07) is 10.9. The number of carbonyl (C=O) groups excluding carboxylic acids is 1. The van der Waals surface area contributed by atoms with Crippen LogP contribution in [0.4, 0.5) is 11.4 Å². The normalized spacial score (nSPS) is 11.6. The quantitative estimate of drug-likeness (QED) is 0.421. The number of aliphatic imine (C=N–C) groups is 1. The van der Waals surface area contributed by atoms with Gasteiger partial charge >= 0.3 is 0 Å². The van der Waals surface area contributed by atoms with Crippen LogP contribution < -0.4 is 25.4 Å². The Morgan fingerprint density at radius 2 is 1.88 bits per heavy atom. The van der Waals surface area contributed by atoms with Gasteiger partial charge < -0.3 is 30.5 Å². The molecule has 1 heterocycles. The van der Waals surface area contributed by atoms with Crippen LogP contribution in [0.2, 0.25) is 0 Å². The highest BCUT2D eigenvalue weighted by Crippen LogP contribution is 2.33. The number of ether oxygens (including phenoxy) is 2. The lowest BCUT2D eigenvalue weighted by Crippen LogP contribution is -2.25. The Bertz CT molecular complexity index is 1170. The first-order valence-corrected chi connectivity index (χ1v) is 10.1. The molecule has 1 aromatic heterocycles. The number of hydrogen-bond acceptors (Lipinski definition) is 9. The number of methoxy groups -OCH3 is 2. The van der Waals surface area contributed by atoms with E-state index >= 15 is 0 Å². The molecule has 1 amide bonds. The van der Waals surface area contributed by atoms with Gasteiger partial charge in [-0.3, -0.25) is 14.8 Å². The predicted molar refractivity (Wildman–Crippen MR) is 127 cm³/mol. The lowest BCUT2D eigenvalue weighted by Gasteiger charge is -2.25. The number of anilines is 2. The molecule has 0 aliphatic rings. The third kappa shape index (κ3) is 5.55. The Morgan fingerprint density at radius 1 is 1.15 bits per heavy atom.